The highest BCUT2D eigenvalue weighted by Crippen LogP contribution is 2.18. The Bertz CT molecular complexity index is 653. The smallest absolute Gasteiger partial charge is 0.408 e. The Morgan fingerprint density at radius 3 is 2.12 bits per heavy atom. The zero-order valence-electron chi connectivity index (χ0n) is 20.7. The van der Waals surface area contributed by atoms with E-state index in [1.807, 2.05) is 0 Å². The van der Waals surface area contributed by atoms with Crippen molar-refractivity contribution in [2.45, 2.75) is 96.6 Å². The van der Waals surface area contributed by atoms with Gasteiger partial charge in [-0.25, -0.2) is 4.79 Å². The van der Waals surface area contributed by atoms with Crippen molar-refractivity contribution in [2.24, 2.45) is 0 Å². The van der Waals surface area contributed by atoms with E-state index in [1.54, 1.807) is 20.8 Å². The SMILES string of the molecule is CCCCCCCCc1ccc(CCC(C=O)(COCOC)NC(=O)OC(C)(C)C)cc1. The van der Waals surface area contributed by atoms with E-state index in [4.69, 9.17) is 14.2 Å². The van der Waals surface area contributed by atoms with Crippen LogP contribution in [0.3, 0.4) is 0 Å². The summed E-state index contributed by atoms with van der Waals surface area (Å²) in [5, 5.41) is 2.72. The summed E-state index contributed by atoms with van der Waals surface area (Å²) in [6, 6.07) is 8.52. The number of methoxy groups -OCH3 is 1. The van der Waals surface area contributed by atoms with Crippen molar-refractivity contribution in [1.29, 1.82) is 0 Å². The van der Waals surface area contributed by atoms with Gasteiger partial charge in [-0.1, -0.05) is 63.3 Å². The number of aldehydes is 1. The van der Waals surface area contributed by atoms with Gasteiger partial charge in [-0.05, 0) is 57.6 Å². The molecule has 1 aromatic carbocycles. The topological polar surface area (TPSA) is 73.9 Å². The van der Waals surface area contributed by atoms with Crippen LogP contribution >= 0.6 is 0 Å². The van der Waals surface area contributed by atoms with E-state index in [2.05, 4.69) is 36.5 Å². The fourth-order valence-corrected chi connectivity index (χ4v) is 3.46. The number of rotatable bonds is 16. The van der Waals surface area contributed by atoms with Crippen LogP contribution in [0, 0.1) is 0 Å². The van der Waals surface area contributed by atoms with E-state index in [0.29, 0.717) is 12.8 Å². The second-order valence-corrected chi connectivity index (χ2v) is 9.49. The highest BCUT2D eigenvalue weighted by molar-refractivity contribution is 5.77. The molecule has 1 atom stereocenters. The molecule has 0 saturated carbocycles. The minimum atomic E-state index is -1.18. The number of amides is 1. The lowest BCUT2D eigenvalue weighted by Gasteiger charge is -2.30. The average molecular weight is 450 g/mol. The first-order valence-corrected chi connectivity index (χ1v) is 11.9. The molecule has 0 bridgehead atoms. The number of carbonyl (C=O) groups is 2. The number of hydrogen-bond donors (Lipinski definition) is 1. The molecule has 1 amide bonds. The van der Waals surface area contributed by atoms with E-state index < -0.39 is 17.2 Å². The molecular weight excluding hydrogens is 406 g/mol. The minimum absolute atomic E-state index is 0.0136. The number of ether oxygens (including phenoxy) is 3. The Balaban J connectivity index is 2.65. The molecule has 0 aliphatic heterocycles. The molecule has 0 spiro atoms. The molecule has 0 saturated heterocycles. The number of benzene rings is 1. The predicted molar refractivity (Wildman–Crippen MR) is 128 cm³/mol. The van der Waals surface area contributed by atoms with Gasteiger partial charge in [0.2, 0.25) is 0 Å². The van der Waals surface area contributed by atoms with Crippen LogP contribution in [-0.2, 0) is 31.8 Å². The zero-order chi connectivity index (χ0) is 23.9. The molecule has 0 fully saturated rings. The molecule has 1 N–H and O–H groups in total. The van der Waals surface area contributed by atoms with Gasteiger partial charge in [0, 0.05) is 7.11 Å². The lowest BCUT2D eigenvalue weighted by atomic mass is 9.93. The molecule has 0 aliphatic carbocycles. The lowest BCUT2D eigenvalue weighted by Crippen LogP contribution is -2.55. The summed E-state index contributed by atoms with van der Waals surface area (Å²) < 4.78 is 15.7. The Morgan fingerprint density at radius 1 is 0.969 bits per heavy atom. The lowest BCUT2D eigenvalue weighted by molar-refractivity contribution is -0.119. The minimum Gasteiger partial charge on any atom is -0.444 e. The van der Waals surface area contributed by atoms with Gasteiger partial charge < -0.3 is 24.3 Å². The highest BCUT2D eigenvalue weighted by Gasteiger charge is 2.34. The third kappa shape index (κ3) is 12.2. The van der Waals surface area contributed by atoms with Crippen LogP contribution < -0.4 is 5.32 Å². The van der Waals surface area contributed by atoms with Crippen LogP contribution in [0.25, 0.3) is 0 Å². The first-order chi connectivity index (χ1) is 15.2. The molecule has 32 heavy (non-hydrogen) atoms. The van der Waals surface area contributed by atoms with Gasteiger partial charge in [-0.2, -0.15) is 0 Å². The molecule has 0 heterocycles. The third-order valence-electron chi connectivity index (χ3n) is 5.24. The molecule has 0 radical (unpaired) electrons. The van der Waals surface area contributed by atoms with Gasteiger partial charge in [0.1, 0.15) is 24.2 Å². The predicted octanol–water partition coefficient (Wildman–Crippen LogP) is 5.61. The van der Waals surface area contributed by atoms with Crippen molar-refractivity contribution >= 4 is 12.4 Å². The summed E-state index contributed by atoms with van der Waals surface area (Å²) in [6.07, 6.45) is 9.96. The molecule has 1 unspecified atom stereocenters. The fraction of sp³-hybridized carbons (Fsp3) is 0.692. The molecule has 182 valence electrons. The average Bonchev–Trinajstić information content (AvgIpc) is 2.74. The monoisotopic (exact) mass is 449 g/mol. The summed E-state index contributed by atoms with van der Waals surface area (Å²) in [5.74, 6) is 0. The van der Waals surface area contributed by atoms with E-state index in [1.165, 1.54) is 51.2 Å². The maximum absolute atomic E-state index is 12.3. The van der Waals surface area contributed by atoms with Crippen LogP contribution in [0.15, 0.2) is 24.3 Å². The summed E-state index contributed by atoms with van der Waals surface area (Å²) in [6.45, 7) is 7.63. The summed E-state index contributed by atoms with van der Waals surface area (Å²) >= 11 is 0. The highest BCUT2D eigenvalue weighted by atomic mass is 16.7. The number of aryl methyl sites for hydroxylation is 2. The van der Waals surface area contributed by atoms with E-state index in [0.717, 1.165) is 18.3 Å². The first kappa shape index (κ1) is 28.1. The molecule has 0 aliphatic rings. The summed E-state index contributed by atoms with van der Waals surface area (Å²) in [5.41, 5.74) is 0.609. The quantitative estimate of drug-likeness (QED) is 0.202. The van der Waals surface area contributed by atoms with Crippen LogP contribution in [0.1, 0.15) is 83.8 Å². The van der Waals surface area contributed by atoms with Crippen LogP contribution in [-0.4, -0.2) is 44.0 Å². The molecule has 1 aromatic rings. The van der Waals surface area contributed by atoms with E-state index >= 15 is 0 Å². The molecule has 0 aromatic heterocycles. The standard InChI is InChI=1S/C26H43NO5/c1-6-7-8-9-10-11-12-22-13-15-23(16-14-22)17-18-26(19-28,20-31-21-30-5)27-24(29)32-25(2,3)4/h13-16,19H,6-12,17-18,20-21H2,1-5H3,(H,27,29). The Morgan fingerprint density at radius 2 is 1.56 bits per heavy atom. The van der Waals surface area contributed by atoms with Crippen molar-refractivity contribution in [1.82, 2.24) is 5.32 Å². The number of unbranched alkanes of at least 4 members (excludes halogenated alkanes) is 5. The summed E-state index contributed by atoms with van der Waals surface area (Å²) in [7, 11) is 1.51. The molecular formula is C26H43NO5. The Hall–Kier alpha value is -1.92. The van der Waals surface area contributed by atoms with Gasteiger partial charge in [0.15, 0.2) is 0 Å². The number of carbonyl (C=O) groups excluding carboxylic acids is 2. The van der Waals surface area contributed by atoms with Gasteiger partial charge >= 0.3 is 6.09 Å². The second-order valence-electron chi connectivity index (χ2n) is 9.49. The van der Waals surface area contributed by atoms with Gasteiger partial charge in [-0.3, -0.25) is 0 Å². The van der Waals surface area contributed by atoms with Gasteiger partial charge in [0.25, 0.3) is 0 Å². The van der Waals surface area contributed by atoms with Gasteiger partial charge in [-0.15, -0.1) is 0 Å². The third-order valence-corrected chi connectivity index (χ3v) is 5.24. The van der Waals surface area contributed by atoms with Gasteiger partial charge in [0.05, 0.1) is 6.61 Å². The number of hydrogen-bond acceptors (Lipinski definition) is 5. The number of nitrogens with one attached hydrogen (secondary N) is 1. The maximum Gasteiger partial charge on any atom is 0.408 e. The second kappa shape index (κ2) is 15.0. The maximum atomic E-state index is 12.3. The van der Waals surface area contributed by atoms with Crippen molar-refractivity contribution in [3.05, 3.63) is 35.4 Å². The van der Waals surface area contributed by atoms with Crippen LogP contribution in [0.5, 0.6) is 0 Å². The number of alkyl carbamates (subject to hydrolysis) is 1. The van der Waals surface area contributed by atoms with Crippen LogP contribution in [0.2, 0.25) is 0 Å². The largest absolute Gasteiger partial charge is 0.444 e. The Labute approximate surface area is 194 Å². The zero-order valence-corrected chi connectivity index (χ0v) is 20.7. The van der Waals surface area contributed by atoms with E-state index in [9.17, 15) is 9.59 Å². The van der Waals surface area contributed by atoms with Crippen molar-refractivity contribution in [3.8, 4) is 0 Å². The van der Waals surface area contributed by atoms with Crippen molar-refractivity contribution in [3.63, 3.8) is 0 Å². The summed E-state index contributed by atoms with van der Waals surface area (Å²) in [4.78, 5) is 24.3. The normalized spacial score (nSPS) is 13.4. The fourth-order valence-electron chi connectivity index (χ4n) is 3.46. The van der Waals surface area contributed by atoms with E-state index in [-0.39, 0.29) is 13.4 Å². The molecule has 6 heteroatoms. The molecule has 6 nitrogen and oxygen atoms in total. The van der Waals surface area contributed by atoms with Crippen molar-refractivity contribution in [2.75, 3.05) is 20.5 Å². The Kier molecular flexibility index (Phi) is 13.2. The van der Waals surface area contributed by atoms with Crippen molar-refractivity contribution < 1.29 is 23.8 Å². The van der Waals surface area contributed by atoms with Crippen LogP contribution in [0.4, 0.5) is 4.79 Å². The first-order valence-electron chi connectivity index (χ1n) is 11.9. The molecule has 1 rings (SSSR count).